The number of nitrogens with one attached hydrogen (secondary N) is 2. The number of amides is 2. The van der Waals surface area contributed by atoms with Crippen molar-refractivity contribution >= 4 is 29.3 Å². The zero-order chi connectivity index (χ0) is 23.0. The summed E-state index contributed by atoms with van der Waals surface area (Å²) in [5.74, 6) is -1.59. The number of benzene rings is 2. The Kier molecular flexibility index (Phi) is 5.33. The number of aromatic nitrogens is 1. The molecular weight excluding hydrogens is 442 g/mol. The fourth-order valence-corrected chi connectivity index (χ4v) is 4.81. The molecule has 1 aromatic heterocycles. The van der Waals surface area contributed by atoms with Crippen LogP contribution >= 0.6 is 11.3 Å². The van der Waals surface area contributed by atoms with Gasteiger partial charge < -0.3 is 20.5 Å². The van der Waals surface area contributed by atoms with Crippen molar-refractivity contribution < 1.29 is 24.2 Å². The van der Waals surface area contributed by atoms with Gasteiger partial charge in [0, 0.05) is 11.3 Å². The second-order valence-corrected chi connectivity index (χ2v) is 9.09. The number of hydrogen-bond acceptors (Lipinski definition) is 6. The molecule has 9 heteroatoms. The summed E-state index contributed by atoms with van der Waals surface area (Å²) in [6.45, 7) is 0.321. The van der Waals surface area contributed by atoms with Gasteiger partial charge in [0.15, 0.2) is 0 Å². The summed E-state index contributed by atoms with van der Waals surface area (Å²) in [6.07, 6.45) is 0.254. The molecule has 1 heterocycles. The molecular formula is C24H21N3O5S. The highest BCUT2D eigenvalue weighted by Crippen LogP contribution is 2.44. The third kappa shape index (κ3) is 4.07. The molecule has 168 valence electrons. The van der Waals surface area contributed by atoms with E-state index in [0.717, 1.165) is 22.3 Å². The Morgan fingerprint density at radius 1 is 1.06 bits per heavy atom. The minimum absolute atomic E-state index is 0.0257. The molecule has 2 aliphatic carbocycles. The van der Waals surface area contributed by atoms with E-state index in [9.17, 15) is 19.5 Å². The van der Waals surface area contributed by atoms with Gasteiger partial charge in [-0.05, 0) is 35.1 Å². The van der Waals surface area contributed by atoms with Crippen LogP contribution in [0.3, 0.4) is 0 Å². The Labute approximate surface area is 193 Å². The first-order chi connectivity index (χ1) is 16.0. The van der Waals surface area contributed by atoms with E-state index in [-0.39, 0.29) is 24.8 Å². The number of carboxylic acids is 1. The van der Waals surface area contributed by atoms with Crippen molar-refractivity contribution in [3.63, 3.8) is 0 Å². The molecule has 0 saturated heterocycles. The fraction of sp³-hybridized carbons (Fsp3) is 0.250. The average molecular weight is 464 g/mol. The average Bonchev–Trinajstić information content (AvgIpc) is 3.33. The highest BCUT2D eigenvalue weighted by molar-refractivity contribution is 7.09. The maximum absolute atomic E-state index is 12.3. The Morgan fingerprint density at radius 2 is 1.70 bits per heavy atom. The van der Waals surface area contributed by atoms with Crippen LogP contribution in [0.1, 0.15) is 45.4 Å². The fourth-order valence-electron chi connectivity index (χ4n) is 4.09. The van der Waals surface area contributed by atoms with Crippen LogP contribution in [0, 0.1) is 0 Å². The number of carbonyl (C=O) groups excluding carboxylic acids is 2. The van der Waals surface area contributed by atoms with Crippen LogP contribution in [0.2, 0.25) is 0 Å². The molecule has 1 fully saturated rings. The standard InChI is InChI=1S/C24H21N3O5S/c28-21(27-24(9-10-24)22(29)30)19-13-33-20(26-19)11-25-23(31)32-12-18-16-7-3-1-5-14(16)15-6-2-4-8-17(15)18/h1-8,13,18H,9-12H2,(H,25,31)(H,27,28)(H,29,30). The van der Waals surface area contributed by atoms with Gasteiger partial charge in [0.05, 0.1) is 6.54 Å². The Hall–Kier alpha value is -3.72. The van der Waals surface area contributed by atoms with E-state index >= 15 is 0 Å². The van der Waals surface area contributed by atoms with Crippen LogP contribution in [-0.4, -0.2) is 40.2 Å². The largest absolute Gasteiger partial charge is 0.480 e. The maximum atomic E-state index is 12.3. The molecule has 2 aromatic carbocycles. The van der Waals surface area contributed by atoms with Crippen LogP contribution in [0.15, 0.2) is 53.9 Å². The van der Waals surface area contributed by atoms with Gasteiger partial charge in [-0.15, -0.1) is 11.3 Å². The minimum Gasteiger partial charge on any atom is -0.480 e. The van der Waals surface area contributed by atoms with Crippen LogP contribution < -0.4 is 10.6 Å². The molecule has 5 rings (SSSR count). The lowest BCUT2D eigenvalue weighted by molar-refractivity contribution is -0.140. The van der Waals surface area contributed by atoms with E-state index in [4.69, 9.17) is 4.74 Å². The molecule has 0 bridgehead atoms. The van der Waals surface area contributed by atoms with Gasteiger partial charge in [-0.1, -0.05) is 48.5 Å². The van der Waals surface area contributed by atoms with E-state index in [0.29, 0.717) is 17.8 Å². The normalized spacial score (nSPS) is 15.3. The van der Waals surface area contributed by atoms with Crippen molar-refractivity contribution in [3.05, 3.63) is 75.7 Å². The first-order valence-electron chi connectivity index (χ1n) is 10.6. The number of ether oxygens (including phenoxy) is 1. The third-order valence-corrected chi connectivity index (χ3v) is 6.87. The summed E-state index contributed by atoms with van der Waals surface area (Å²) in [4.78, 5) is 40.0. The molecule has 0 unspecified atom stereocenters. The van der Waals surface area contributed by atoms with Crippen molar-refractivity contribution in [1.29, 1.82) is 0 Å². The molecule has 2 amide bonds. The van der Waals surface area contributed by atoms with Crippen molar-refractivity contribution in [3.8, 4) is 11.1 Å². The molecule has 0 spiro atoms. The van der Waals surface area contributed by atoms with Crippen LogP contribution in [0.4, 0.5) is 4.79 Å². The summed E-state index contributed by atoms with van der Waals surface area (Å²) in [5, 5.41) is 16.4. The molecule has 8 nitrogen and oxygen atoms in total. The number of hydrogen-bond donors (Lipinski definition) is 3. The van der Waals surface area contributed by atoms with Crippen LogP contribution in [-0.2, 0) is 16.1 Å². The zero-order valence-corrected chi connectivity index (χ0v) is 18.4. The molecule has 33 heavy (non-hydrogen) atoms. The van der Waals surface area contributed by atoms with Crippen molar-refractivity contribution in [2.24, 2.45) is 0 Å². The van der Waals surface area contributed by atoms with E-state index in [2.05, 4.69) is 39.9 Å². The number of carboxylic acid groups (broad SMARTS) is 1. The summed E-state index contributed by atoms with van der Waals surface area (Å²) in [5.41, 5.74) is 3.56. The highest BCUT2D eigenvalue weighted by atomic mass is 32.1. The molecule has 0 aliphatic heterocycles. The second-order valence-electron chi connectivity index (χ2n) is 8.15. The molecule has 1 saturated carbocycles. The number of alkyl carbamates (subject to hydrolysis) is 1. The van der Waals surface area contributed by atoms with Crippen molar-refractivity contribution in [2.75, 3.05) is 6.61 Å². The zero-order valence-electron chi connectivity index (χ0n) is 17.5. The summed E-state index contributed by atoms with van der Waals surface area (Å²) in [7, 11) is 0. The minimum atomic E-state index is -1.17. The second kappa shape index (κ2) is 8.32. The first kappa shape index (κ1) is 21.1. The molecule has 3 aromatic rings. The van der Waals surface area contributed by atoms with Crippen molar-refractivity contribution in [2.45, 2.75) is 30.8 Å². The lowest BCUT2D eigenvalue weighted by Crippen LogP contribution is -2.43. The maximum Gasteiger partial charge on any atom is 0.407 e. The summed E-state index contributed by atoms with van der Waals surface area (Å²) >= 11 is 1.21. The number of nitrogens with zero attached hydrogens (tertiary/aromatic N) is 1. The number of fused-ring (bicyclic) bond motifs is 3. The Morgan fingerprint density at radius 3 is 2.30 bits per heavy atom. The van der Waals surface area contributed by atoms with E-state index in [1.165, 1.54) is 11.3 Å². The first-order valence-corrected chi connectivity index (χ1v) is 11.4. The summed E-state index contributed by atoms with van der Waals surface area (Å²) < 4.78 is 5.50. The lowest BCUT2D eigenvalue weighted by Gasteiger charge is -2.14. The SMILES string of the molecule is O=C(NCc1nc(C(=O)NC2(C(=O)O)CC2)cs1)OCC1c2ccccc2-c2ccccc21. The Balaban J connectivity index is 1.16. The topological polar surface area (TPSA) is 118 Å². The third-order valence-electron chi connectivity index (χ3n) is 6.02. The van der Waals surface area contributed by atoms with Gasteiger partial charge in [0.25, 0.3) is 5.91 Å². The van der Waals surface area contributed by atoms with Gasteiger partial charge >= 0.3 is 12.1 Å². The number of rotatable bonds is 7. The van der Waals surface area contributed by atoms with Gasteiger partial charge in [0.1, 0.15) is 22.8 Å². The monoisotopic (exact) mass is 463 g/mol. The van der Waals surface area contributed by atoms with Crippen LogP contribution in [0.5, 0.6) is 0 Å². The molecule has 2 aliphatic rings. The smallest absolute Gasteiger partial charge is 0.407 e. The Bertz CT molecular complexity index is 1200. The predicted molar refractivity (Wildman–Crippen MR) is 121 cm³/mol. The van der Waals surface area contributed by atoms with Gasteiger partial charge in [0.2, 0.25) is 0 Å². The quantitative estimate of drug-likeness (QED) is 0.493. The van der Waals surface area contributed by atoms with Crippen LogP contribution in [0.25, 0.3) is 11.1 Å². The van der Waals surface area contributed by atoms with Gasteiger partial charge in [-0.2, -0.15) is 0 Å². The predicted octanol–water partition coefficient (Wildman–Crippen LogP) is 3.53. The molecule has 0 atom stereocenters. The number of aliphatic carboxylic acids is 1. The number of thiazole rings is 1. The van der Waals surface area contributed by atoms with Crippen molar-refractivity contribution in [1.82, 2.24) is 15.6 Å². The summed E-state index contributed by atoms with van der Waals surface area (Å²) in [6, 6.07) is 16.2. The van der Waals surface area contributed by atoms with Gasteiger partial charge in [-0.25, -0.2) is 14.6 Å². The highest BCUT2D eigenvalue weighted by Gasteiger charge is 2.51. The number of carbonyl (C=O) groups is 3. The van der Waals surface area contributed by atoms with E-state index in [1.807, 2.05) is 24.3 Å². The van der Waals surface area contributed by atoms with E-state index < -0.39 is 23.5 Å². The van der Waals surface area contributed by atoms with Gasteiger partial charge in [-0.3, -0.25) is 4.79 Å². The molecule has 3 N–H and O–H groups in total. The lowest BCUT2D eigenvalue weighted by atomic mass is 9.98. The molecule has 0 radical (unpaired) electrons. The van der Waals surface area contributed by atoms with E-state index in [1.54, 1.807) is 5.38 Å².